The largest absolute Gasteiger partial charge is 0.504 e. The summed E-state index contributed by atoms with van der Waals surface area (Å²) in [5.41, 5.74) is 2.89. The number of aromatic nitrogens is 2. The van der Waals surface area contributed by atoms with Crippen molar-refractivity contribution in [3.8, 4) is 11.5 Å². The Balaban J connectivity index is 2.05. The van der Waals surface area contributed by atoms with Crippen molar-refractivity contribution in [2.45, 2.75) is 6.92 Å². The smallest absolute Gasteiger partial charge is 0.291 e. The first-order valence-corrected chi connectivity index (χ1v) is 6.26. The molecule has 2 rings (SSSR count). The number of carbonyl (C=O) groups is 1. The number of carbonyl (C=O) groups excluding carboxylic acids is 1. The highest BCUT2D eigenvalue weighted by atomic mass is 16.5. The van der Waals surface area contributed by atoms with Crippen molar-refractivity contribution in [3.63, 3.8) is 0 Å². The van der Waals surface area contributed by atoms with Gasteiger partial charge >= 0.3 is 0 Å². The lowest BCUT2D eigenvalue weighted by atomic mass is 10.2. The molecule has 0 radical (unpaired) electrons. The lowest BCUT2D eigenvalue weighted by Crippen LogP contribution is -2.19. The zero-order valence-corrected chi connectivity index (χ0v) is 11.4. The van der Waals surface area contributed by atoms with Gasteiger partial charge in [0.15, 0.2) is 11.5 Å². The molecule has 7 heteroatoms. The number of phenolic OH excluding ortho intramolecular Hbond substituents is 1. The molecular weight excluding hydrogens is 272 g/mol. The summed E-state index contributed by atoms with van der Waals surface area (Å²) in [5.74, 6) is -0.154. The average molecular weight is 286 g/mol. The number of nitrogens with zero attached hydrogens (tertiary/aromatic N) is 3. The van der Waals surface area contributed by atoms with Crippen molar-refractivity contribution in [1.29, 1.82) is 0 Å². The van der Waals surface area contributed by atoms with Gasteiger partial charge in [-0.05, 0) is 19.1 Å². The van der Waals surface area contributed by atoms with E-state index in [2.05, 4.69) is 20.5 Å². The summed E-state index contributed by atoms with van der Waals surface area (Å²) >= 11 is 0. The van der Waals surface area contributed by atoms with E-state index in [0.717, 1.165) is 0 Å². The van der Waals surface area contributed by atoms with Crippen molar-refractivity contribution < 1.29 is 14.6 Å². The molecule has 0 bridgehead atoms. The van der Waals surface area contributed by atoms with Crippen LogP contribution in [0.1, 0.15) is 23.0 Å². The summed E-state index contributed by atoms with van der Waals surface area (Å²) in [4.78, 5) is 19.3. The number of nitrogens with one attached hydrogen (secondary N) is 1. The van der Waals surface area contributed by atoms with E-state index in [1.165, 1.54) is 24.8 Å². The molecule has 0 aliphatic rings. The molecule has 0 spiro atoms. The molecule has 21 heavy (non-hydrogen) atoms. The summed E-state index contributed by atoms with van der Waals surface area (Å²) in [5, 5.41) is 13.7. The van der Waals surface area contributed by atoms with E-state index in [-0.39, 0.29) is 11.4 Å². The van der Waals surface area contributed by atoms with Gasteiger partial charge in [-0.25, -0.2) is 10.4 Å². The van der Waals surface area contributed by atoms with Crippen molar-refractivity contribution in [2.75, 3.05) is 6.61 Å². The Bertz CT molecular complexity index is 644. The Morgan fingerprint density at radius 1 is 1.48 bits per heavy atom. The van der Waals surface area contributed by atoms with Crippen LogP contribution >= 0.6 is 0 Å². The van der Waals surface area contributed by atoms with Crippen LogP contribution in [0.2, 0.25) is 0 Å². The van der Waals surface area contributed by atoms with Gasteiger partial charge in [0.25, 0.3) is 5.91 Å². The number of hydrogen-bond donors (Lipinski definition) is 2. The van der Waals surface area contributed by atoms with E-state index in [1.807, 2.05) is 6.92 Å². The fourth-order valence-electron chi connectivity index (χ4n) is 1.55. The fourth-order valence-corrected chi connectivity index (χ4v) is 1.55. The molecular formula is C14H14N4O3. The quantitative estimate of drug-likeness (QED) is 0.638. The van der Waals surface area contributed by atoms with Crippen LogP contribution < -0.4 is 10.2 Å². The third kappa shape index (κ3) is 3.75. The van der Waals surface area contributed by atoms with Gasteiger partial charge in [-0.15, -0.1) is 0 Å². The first kappa shape index (κ1) is 14.4. The highest BCUT2D eigenvalue weighted by molar-refractivity contribution is 5.93. The number of rotatable bonds is 5. The first-order chi connectivity index (χ1) is 10.2. The lowest BCUT2D eigenvalue weighted by molar-refractivity contribution is 0.0949. The first-order valence-electron chi connectivity index (χ1n) is 6.26. The van der Waals surface area contributed by atoms with Crippen molar-refractivity contribution in [2.24, 2.45) is 5.10 Å². The molecule has 108 valence electrons. The number of para-hydroxylation sites is 1. The van der Waals surface area contributed by atoms with E-state index in [0.29, 0.717) is 17.9 Å². The van der Waals surface area contributed by atoms with Crippen molar-refractivity contribution >= 4 is 12.1 Å². The number of ether oxygens (including phenoxy) is 1. The maximum Gasteiger partial charge on any atom is 0.291 e. The second-order valence-electron chi connectivity index (χ2n) is 3.92. The topological polar surface area (TPSA) is 96.7 Å². The number of hydrazone groups is 1. The van der Waals surface area contributed by atoms with Gasteiger partial charge < -0.3 is 9.84 Å². The van der Waals surface area contributed by atoms with Crippen LogP contribution in [-0.4, -0.2) is 33.8 Å². The van der Waals surface area contributed by atoms with Crippen LogP contribution in [0.15, 0.2) is 41.9 Å². The number of aromatic hydroxyl groups is 1. The highest BCUT2D eigenvalue weighted by Gasteiger charge is 2.07. The molecule has 0 saturated carbocycles. The number of phenols is 1. The third-order valence-corrected chi connectivity index (χ3v) is 2.50. The second kappa shape index (κ2) is 6.99. The summed E-state index contributed by atoms with van der Waals surface area (Å²) in [6.45, 7) is 2.26. The average Bonchev–Trinajstić information content (AvgIpc) is 2.52. The molecule has 0 aliphatic carbocycles. The summed E-state index contributed by atoms with van der Waals surface area (Å²) in [6, 6.07) is 5.01. The zero-order valence-electron chi connectivity index (χ0n) is 11.4. The Morgan fingerprint density at radius 3 is 3.05 bits per heavy atom. The minimum atomic E-state index is -0.486. The minimum absolute atomic E-state index is 0.0307. The lowest BCUT2D eigenvalue weighted by Gasteiger charge is -2.07. The van der Waals surface area contributed by atoms with Gasteiger partial charge in [-0.3, -0.25) is 9.78 Å². The fraction of sp³-hybridized carbons (Fsp3) is 0.143. The van der Waals surface area contributed by atoms with Crippen LogP contribution in [0.25, 0.3) is 0 Å². The molecule has 2 aromatic rings. The highest BCUT2D eigenvalue weighted by Crippen LogP contribution is 2.28. The van der Waals surface area contributed by atoms with Gasteiger partial charge in [0.2, 0.25) is 0 Å². The van der Waals surface area contributed by atoms with E-state index in [4.69, 9.17) is 4.74 Å². The van der Waals surface area contributed by atoms with E-state index >= 15 is 0 Å². The Hall–Kier alpha value is -2.96. The van der Waals surface area contributed by atoms with Crippen molar-refractivity contribution in [3.05, 3.63) is 48.0 Å². The van der Waals surface area contributed by atoms with Gasteiger partial charge in [0.05, 0.1) is 19.0 Å². The molecule has 0 unspecified atom stereocenters. The Labute approximate surface area is 121 Å². The Morgan fingerprint density at radius 2 is 2.33 bits per heavy atom. The van der Waals surface area contributed by atoms with E-state index < -0.39 is 5.91 Å². The molecule has 0 atom stereocenters. The molecule has 1 aromatic heterocycles. The van der Waals surface area contributed by atoms with Gasteiger partial charge in [0.1, 0.15) is 5.69 Å². The number of amides is 1. The van der Waals surface area contributed by atoms with Crippen LogP contribution in [0.3, 0.4) is 0 Å². The normalized spacial score (nSPS) is 10.5. The monoisotopic (exact) mass is 286 g/mol. The van der Waals surface area contributed by atoms with Crippen LogP contribution in [0, 0.1) is 0 Å². The van der Waals surface area contributed by atoms with E-state index in [1.54, 1.807) is 18.2 Å². The maximum atomic E-state index is 11.7. The summed E-state index contributed by atoms with van der Waals surface area (Å²) < 4.78 is 5.26. The zero-order chi connectivity index (χ0) is 15.1. The third-order valence-electron chi connectivity index (χ3n) is 2.50. The predicted octanol–water partition coefficient (Wildman–Crippen LogP) is 1.34. The molecule has 2 N–H and O–H groups in total. The minimum Gasteiger partial charge on any atom is -0.504 e. The van der Waals surface area contributed by atoms with Crippen LogP contribution in [0.5, 0.6) is 11.5 Å². The van der Waals surface area contributed by atoms with Gasteiger partial charge in [-0.1, -0.05) is 6.07 Å². The van der Waals surface area contributed by atoms with Crippen LogP contribution in [-0.2, 0) is 0 Å². The summed E-state index contributed by atoms with van der Waals surface area (Å²) in [7, 11) is 0. The number of hydrogen-bond acceptors (Lipinski definition) is 6. The maximum absolute atomic E-state index is 11.7. The van der Waals surface area contributed by atoms with Crippen LogP contribution in [0.4, 0.5) is 0 Å². The van der Waals surface area contributed by atoms with Crippen molar-refractivity contribution in [1.82, 2.24) is 15.4 Å². The molecule has 0 fully saturated rings. The van der Waals surface area contributed by atoms with E-state index in [9.17, 15) is 9.90 Å². The standard InChI is InChI=1S/C14H14N4O3/c1-2-21-12-5-3-4-10(13(12)19)8-17-18-14(20)11-9-15-6-7-16-11/h3-9,19H,2H2,1H3,(H,18,20). The van der Waals surface area contributed by atoms with Gasteiger partial charge in [-0.2, -0.15) is 5.10 Å². The molecule has 7 nitrogen and oxygen atoms in total. The Kier molecular flexibility index (Phi) is 4.81. The molecule has 1 heterocycles. The number of benzene rings is 1. The summed E-state index contributed by atoms with van der Waals surface area (Å²) in [6.07, 6.45) is 5.54. The predicted molar refractivity (Wildman–Crippen MR) is 76.4 cm³/mol. The molecule has 1 amide bonds. The molecule has 0 aliphatic heterocycles. The van der Waals surface area contributed by atoms with Gasteiger partial charge in [0, 0.05) is 18.0 Å². The second-order valence-corrected chi connectivity index (χ2v) is 3.92. The molecule has 1 aromatic carbocycles. The molecule has 0 saturated heterocycles. The SMILES string of the molecule is CCOc1cccc(C=NNC(=O)c2cnccn2)c1O.